The van der Waals surface area contributed by atoms with E-state index in [2.05, 4.69) is 20.8 Å². The lowest BCUT2D eigenvalue weighted by atomic mass is 9.99. The first kappa shape index (κ1) is 23.0. The second kappa shape index (κ2) is 9.24. The summed E-state index contributed by atoms with van der Waals surface area (Å²) in [6.07, 6.45) is 0.756. The number of fused-ring (bicyclic) bond motifs is 4. The molecule has 0 saturated carbocycles. The fraction of sp³-hybridized carbons (Fsp3) is 0.143. The summed E-state index contributed by atoms with van der Waals surface area (Å²) in [6.45, 7) is 1.66. The molecule has 36 heavy (non-hydrogen) atoms. The summed E-state index contributed by atoms with van der Waals surface area (Å²) in [7, 11) is 0. The number of ether oxygens (including phenoxy) is 1. The molecule has 0 saturated heterocycles. The molecular formula is C28H19BrClNO5. The highest BCUT2D eigenvalue weighted by Crippen LogP contribution is 2.36. The van der Waals surface area contributed by atoms with E-state index in [0.717, 1.165) is 32.4 Å². The van der Waals surface area contributed by atoms with Gasteiger partial charge in [-0.3, -0.25) is 4.90 Å². The smallest absolute Gasteiger partial charge is 0.344 e. The first-order valence-corrected chi connectivity index (χ1v) is 12.6. The van der Waals surface area contributed by atoms with Gasteiger partial charge in [-0.1, -0.05) is 45.7 Å². The van der Waals surface area contributed by atoms with Crippen molar-refractivity contribution in [2.45, 2.75) is 13.0 Å². The van der Waals surface area contributed by atoms with Crippen LogP contribution >= 0.6 is 27.5 Å². The summed E-state index contributed by atoms with van der Waals surface area (Å²) >= 11 is 9.77. The topological polar surface area (TPSA) is 72.9 Å². The first-order valence-electron chi connectivity index (χ1n) is 11.4. The zero-order valence-corrected chi connectivity index (χ0v) is 21.3. The molecule has 180 valence electrons. The van der Waals surface area contributed by atoms with Crippen LogP contribution in [-0.4, -0.2) is 18.2 Å². The molecule has 6 rings (SSSR count). The third-order valence-corrected chi connectivity index (χ3v) is 7.26. The van der Waals surface area contributed by atoms with Crippen molar-refractivity contribution in [2.24, 2.45) is 0 Å². The molecule has 0 fully saturated rings. The molecular weight excluding hydrogens is 546 g/mol. The summed E-state index contributed by atoms with van der Waals surface area (Å²) in [6, 6.07) is 19.9. The predicted octanol–water partition coefficient (Wildman–Crippen LogP) is 6.38. The van der Waals surface area contributed by atoms with E-state index in [0.29, 0.717) is 53.2 Å². The van der Waals surface area contributed by atoms with Crippen LogP contribution in [-0.2, 0) is 13.0 Å². The maximum atomic E-state index is 12.9. The third kappa shape index (κ3) is 4.23. The Morgan fingerprint density at radius 2 is 1.81 bits per heavy atom. The molecule has 0 radical (unpaired) electrons. The van der Waals surface area contributed by atoms with Crippen LogP contribution in [0.25, 0.3) is 33.1 Å². The normalized spacial score (nSPS) is 13.6. The zero-order valence-electron chi connectivity index (χ0n) is 18.9. The van der Waals surface area contributed by atoms with Gasteiger partial charge in [-0.2, -0.15) is 0 Å². The van der Waals surface area contributed by atoms with Crippen molar-refractivity contribution in [3.8, 4) is 16.9 Å². The largest absolute Gasteiger partial charge is 0.478 e. The van der Waals surface area contributed by atoms with Gasteiger partial charge in [-0.15, -0.1) is 0 Å². The van der Waals surface area contributed by atoms with E-state index in [1.807, 2.05) is 42.5 Å². The minimum Gasteiger partial charge on any atom is -0.478 e. The quantitative estimate of drug-likeness (QED) is 0.236. The highest BCUT2D eigenvalue weighted by molar-refractivity contribution is 9.10. The molecule has 0 spiro atoms. The Morgan fingerprint density at radius 3 is 2.67 bits per heavy atom. The molecule has 1 aliphatic heterocycles. The number of rotatable bonds is 4. The predicted molar refractivity (Wildman–Crippen MR) is 143 cm³/mol. The van der Waals surface area contributed by atoms with Gasteiger partial charge in [0.25, 0.3) is 0 Å². The summed E-state index contributed by atoms with van der Waals surface area (Å²) in [4.78, 5) is 27.7. The minimum atomic E-state index is -0.548. The Hall–Kier alpha value is -3.39. The molecule has 0 bridgehead atoms. The van der Waals surface area contributed by atoms with Gasteiger partial charge in [0.15, 0.2) is 0 Å². The van der Waals surface area contributed by atoms with Crippen molar-refractivity contribution >= 4 is 49.5 Å². The Bertz CT molecular complexity index is 1760. The monoisotopic (exact) mass is 563 g/mol. The van der Waals surface area contributed by atoms with E-state index in [1.165, 1.54) is 6.07 Å². The molecule has 1 aliphatic rings. The molecule has 8 heteroatoms. The first-order chi connectivity index (χ1) is 17.5. The number of hydrogen-bond acceptors (Lipinski definition) is 6. The van der Waals surface area contributed by atoms with Crippen molar-refractivity contribution in [1.82, 2.24) is 4.90 Å². The SMILES string of the molecule is O=c1cc(-c2cc3cc(Br)ccc3oc2=O)c2ccc3c(c2o1)CN(CCc1ccccc1Cl)CO3. The summed E-state index contributed by atoms with van der Waals surface area (Å²) in [5, 5.41) is 2.12. The Morgan fingerprint density at radius 1 is 0.944 bits per heavy atom. The van der Waals surface area contributed by atoms with Gasteiger partial charge >= 0.3 is 11.3 Å². The summed E-state index contributed by atoms with van der Waals surface area (Å²) in [5.74, 6) is 0.659. The van der Waals surface area contributed by atoms with Crippen molar-refractivity contribution in [2.75, 3.05) is 13.3 Å². The van der Waals surface area contributed by atoms with Crippen LogP contribution in [0.3, 0.4) is 0 Å². The van der Waals surface area contributed by atoms with Crippen LogP contribution in [0, 0.1) is 0 Å². The number of nitrogens with zero attached hydrogens (tertiary/aromatic N) is 1. The molecule has 0 amide bonds. The summed E-state index contributed by atoms with van der Waals surface area (Å²) in [5.41, 5.74) is 2.40. The molecule has 0 aliphatic carbocycles. The van der Waals surface area contributed by atoms with Crippen LogP contribution in [0.2, 0.25) is 5.02 Å². The van der Waals surface area contributed by atoms with Gasteiger partial charge < -0.3 is 13.6 Å². The maximum Gasteiger partial charge on any atom is 0.344 e. The Kier molecular flexibility index (Phi) is 5.91. The van der Waals surface area contributed by atoms with Crippen molar-refractivity contribution in [3.05, 3.63) is 108 Å². The number of halogens is 2. The van der Waals surface area contributed by atoms with Crippen LogP contribution in [0.5, 0.6) is 5.75 Å². The zero-order chi connectivity index (χ0) is 24.8. The minimum absolute atomic E-state index is 0.297. The van der Waals surface area contributed by atoms with Gasteiger partial charge in [-0.25, -0.2) is 9.59 Å². The Balaban J connectivity index is 1.41. The van der Waals surface area contributed by atoms with Crippen molar-refractivity contribution in [3.63, 3.8) is 0 Å². The van der Waals surface area contributed by atoms with E-state index in [1.54, 1.807) is 18.2 Å². The highest BCUT2D eigenvalue weighted by atomic mass is 79.9. The van der Waals surface area contributed by atoms with Crippen LogP contribution in [0.1, 0.15) is 11.1 Å². The van der Waals surface area contributed by atoms with E-state index in [4.69, 9.17) is 25.2 Å². The van der Waals surface area contributed by atoms with E-state index in [9.17, 15) is 9.59 Å². The van der Waals surface area contributed by atoms with Crippen LogP contribution < -0.4 is 16.0 Å². The molecule has 0 atom stereocenters. The fourth-order valence-corrected chi connectivity index (χ4v) is 5.22. The fourth-order valence-electron chi connectivity index (χ4n) is 4.61. The van der Waals surface area contributed by atoms with Gasteiger partial charge in [0.2, 0.25) is 0 Å². The lowest BCUT2D eigenvalue weighted by Gasteiger charge is -2.29. The average Bonchev–Trinajstić information content (AvgIpc) is 2.87. The van der Waals surface area contributed by atoms with Gasteiger partial charge in [0.05, 0.1) is 11.1 Å². The molecule has 6 nitrogen and oxygen atoms in total. The van der Waals surface area contributed by atoms with E-state index < -0.39 is 11.3 Å². The lowest BCUT2D eigenvalue weighted by Crippen LogP contribution is -2.33. The molecule has 2 aromatic heterocycles. The third-order valence-electron chi connectivity index (χ3n) is 6.40. The van der Waals surface area contributed by atoms with Crippen LogP contribution in [0.15, 0.2) is 89.6 Å². The second-order valence-electron chi connectivity index (χ2n) is 8.70. The van der Waals surface area contributed by atoms with Crippen molar-refractivity contribution < 1.29 is 13.6 Å². The average molecular weight is 565 g/mol. The van der Waals surface area contributed by atoms with Gasteiger partial charge in [0.1, 0.15) is 23.6 Å². The van der Waals surface area contributed by atoms with Crippen LogP contribution in [0.4, 0.5) is 0 Å². The number of benzene rings is 3. The standard InChI is InChI=1S/C28H19BrClNO5/c29-18-5-7-24-17(11-18)12-21(28(33)35-24)20-13-26(32)36-27-19(20)6-8-25-22(27)14-31(15-34-25)10-9-16-3-1-2-4-23(16)30/h1-8,11-13H,9-10,14-15H2. The van der Waals surface area contributed by atoms with E-state index in [-0.39, 0.29) is 0 Å². The maximum absolute atomic E-state index is 12.9. The molecule has 5 aromatic rings. The summed E-state index contributed by atoms with van der Waals surface area (Å²) < 4.78 is 18.1. The lowest BCUT2D eigenvalue weighted by molar-refractivity contribution is 0.0968. The van der Waals surface area contributed by atoms with Gasteiger partial charge in [-0.05, 0) is 54.4 Å². The molecule has 3 heterocycles. The molecule has 0 unspecified atom stereocenters. The van der Waals surface area contributed by atoms with E-state index >= 15 is 0 Å². The molecule has 3 aromatic carbocycles. The highest BCUT2D eigenvalue weighted by Gasteiger charge is 2.24. The Labute approximate surface area is 218 Å². The number of hydrogen-bond donors (Lipinski definition) is 0. The van der Waals surface area contributed by atoms with Gasteiger partial charge in [0, 0.05) is 45.0 Å². The van der Waals surface area contributed by atoms with Crippen molar-refractivity contribution in [1.29, 1.82) is 0 Å². The second-order valence-corrected chi connectivity index (χ2v) is 10.0. The molecule has 0 N–H and O–H groups in total.